The van der Waals surface area contributed by atoms with E-state index in [1.54, 1.807) is 32.4 Å². The van der Waals surface area contributed by atoms with Crippen LogP contribution >= 0.6 is 0 Å². The van der Waals surface area contributed by atoms with Crippen LogP contribution in [0.1, 0.15) is 11.1 Å². The van der Waals surface area contributed by atoms with Crippen molar-refractivity contribution in [1.29, 1.82) is 5.26 Å². The molecule has 0 aliphatic heterocycles. The molecule has 0 aromatic heterocycles. The number of hydrogen-bond donors (Lipinski definition) is 3. The second-order valence-corrected chi connectivity index (χ2v) is 6.03. The second kappa shape index (κ2) is 9.88. The van der Waals surface area contributed by atoms with Crippen molar-refractivity contribution in [2.24, 2.45) is 0 Å². The monoisotopic (exact) mass is 381 g/mol. The van der Waals surface area contributed by atoms with Gasteiger partial charge in [0, 0.05) is 12.7 Å². The summed E-state index contributed by atoms with van der Waals surface area (Å²) in [5, 5.41) is 24.6. The maximum atomic E-state index is 12.2. The number of benzene rings is 2. The Balaban J connectivity index is 1.94. The molecule has 146 valence electrons. The lowest BCUT2D eigenvalue weighted by Gasteiger charge is -2.10. The minimum atomic E-state index is -0.498. The Kier molecular flexibility index (Phi) is 7.28. The third-order valence-electron chi connectivity index (χ3n) is 4.04. The molecule has 28 heavy (non-hydrogen) atoms. The highest BCUT2D eigenvalue weighted by Crippen LogP contribution is 2.27. The molecule has 0 spiro atoms. The third-order valence-corrected chi connectivity index (χ3v) is 4.04. The largest absolute Gasteiger partial charge is 0.506 e. The van der Waals surface area contributed by atoms with Crippen LogP contribution < -0.4 is 20.1 Å². The Labute approximate surface area is 164 Å². The van der Waals surface area contributed by atoms with E-state index in [9.17, 15) is 15.2 Å². The number of aryl methyl sites for hydroxylation is 1. The van der Waals surface area contributed by atoms with Gasteiger partial charge >= 0.3 is 0 Å². The summed E-state index contributed by atoms with van der Waals surface area (Å²) in [6.45, 7) is 2.20. The Hall–Kier alpha value is -3.66. The van der Waals surface area contributed by atoms with Gasteiger partial charge in [0.25, 0.3) is 5.91 Å². The molecular weight excluding hydrogens is 358 g/mol. The van der Waals surface area contributed by atoms with Crippen molar-refractivity contribution in [1.82, 2.24) is 5.32 Å². The zero-order valence-electron chi connectivity index (χ0n) is 16.1. The minimum Gasteiger partial charge on any atom is -0.506 e. The number of rotatable bonds is 8. The number of phenolic OH excluding ortho intramolecular Hbond substituents is 1. The molecule has 3 N–H and O–H groups in total. The lowest BCUT2D eigenvalue weighted by Crippen LogP contribution is -2.27. The summed E-state index contributed by atoms with van der Waals surface area (Å²) < 4.78 is 10.5. The fraction of sp³-hybridized carbons (Fsp3) is 0.238. The molecule has 7 nitrogen and oxygen atoms in total. The molecule has 2 aromatic rings. The summed E-state index contributed by atoms with van der Waals surface area (Å²) >= 11 is 0. The summed E-state index contributed by atoms with van der Waals surface area (Å²) in [5.41, 5.74) is 2.19. The molecule has 0 aliphatic carbocycles. The van der Waals surface area contributed by atoms with Gasteiger partial charge in [0.05, 0.1) is 19.9 Å². The van der Waals surface area contributed by atoms with E-state index in [1.165, 1.54) is 6.20 Å². The van der Waals surface area contributed by atoms with E-state index in [4.69, 9.17) is 9.47 Å². The quantitative estimate of drug-likeness (QED) is 0.369. The van der Waals surface area contributed by atoms with E-state index in [0.29, 0.717) is 30.2 Å². The highest BCUT2D eigenvalue weighted by molar-refractivity contribution is 5.97. The van der Waals surface area contributed by atoms with Crippen LogP contribution in [-0.4, -0.2) is 31.8 Å². The number of aromatic hydroxyl groups is 1. The van der Waals surface area contributed by atoms with Crippen LogP contribution in [0.15, 0.2) is 48.2 Å². The van der Waals surface area contributed by atoms with Gasteiger partial charge in [-0.15, -0.1) is 0 Å². The Morgan fingerprint density at radius 2 is 1.93 bits per heavy atom. The first kappa shape index (κ1) is 20.6. The molecular formula is C21H23N3O4. The van der Waals surface area contributed by atoms with Crippen LogP contribution in [0.4, 0.5) is 5.69 Å². The van der Waals surface area contributed by atoms with Crippen LogP contribution in [0.25, 0.3) is 0 Å². The fourth-order valence-corrected chi connectivity index (χ4v) is 2.51. The van der Waals surface area contributed by atoms with Gasteiger partial charge in [0.2, 0.25) is 0 Å². The predicted molar refractivity (Wildman–Crippen MR) is 106 cm³/mol. The van der Waals surface area contributed by atoms with E-state index in [-0.39, 0.29) is 11.3 Å². The third kappa shape index (κ3) is 5.42. The van der Waals surface area contributed by atoms with Gasteiger partial charge in [0.15, 0.2) is 11.5 Å². The molecule has 0 unspecified atom stereocenters. The standard InChI is InChI=1S/C21H23N3O4/c1-14-4-6-17(18(25)10-14)24-13-16(12-22)21(26)23-9-8-15-5-7-19(27-2)20(11-15)28-3/h4-7,10-11,13,24-25H,8-9H2,1-3H3,(H,23,26)/b16-13-. The first-order valence-electron chi connectivity index (χ1n) is 8.64. The molecule has 0 aliphatic rings. The zero-order valence-corrected chi connectivity index (χ0v) is 16.1. The molecule has 1 amide bonds. The molecule has 0 atom stereocenters. The maximum absolute atomic E-state index is 12.2. The van der Waals surface area contributed by atoms with Gasteiger partial charge in [-0.3, -0.25) is 4.79 Å². The Bertz CT molecular complexity index is 916. The number of ether oxygens (including phenoxy) is 2. The van der Waals surface area contributed by atoms with Gasteiger partial charge in [-0.25, -0.2) is 0 Å². The van der Waals surface area contributed by atoms with Gasteiger partial charge < -0.3 is 25.2 Å². The molecule has 0 bridgehead atoms. The molecule has 0 saturated heterocycles. The number of hydrogen-bond acceptors (Lipinski definition) is 6. The minimum absolute atomic E-state index is 0.0439. The number of carbonyl (C=O) groups excluding carboxylic acids is 1. The van der Waals surface area contributed by atoms with Crippen LogP contribution in [-0.2, 0) is 11.2 Å². The van der Waals surface area contributed by atoms with Gasteiger partial charge in [0.1, 0.15) is 17.4 Å². The van der Waals surface area contributed by atoms with Gasteiger partial charge in [-0.1, -0.05) is 12.1 Å². The van der Waals surface area contributed by atoms with E-state index in [1.807, 2.05) is 31.2 Å². The number of phenols is 1. The van der Waals surface area contributed by atoms with Crippen LogP contribution in [0, 0.1) is 18.3 Å². The van der Waals surface area contributed by atoms with Crippen molar-refractivity contribution in [2.75, 3.05) is 26.1 Å². The molecule has 0 radical (unpaired) electrons. The topological polar surface area (TPSA) is 104 Å². The second-order valence-electron chi connectivity index (χ2n) is 6.03. The van der Waals surface area contributed by atoms with Crippen molar-refractivity contribution in [3.8, 4) is 23.3 Å². The molecule has 0 heterocycles. The normalized spacial score (nSPS) is 10.7. The van der Waals surface area contributed by atoms with E-state index in [0.717, 1.165) is 11.1 Å². The highest BCUT2D eigenvalue weighted by Gasteiger charge is 2.10. The van der Waals surface area contributed by atoms with Crippen molar-refractivity contribution in [2.45, 2.75) is 13.3 Å². The number of methoxy groups -OCH3 is 2. The number of nitrogens with zero attached hydrogens (tertiary/aromatic N) is 1. The molecule has 2 rings (SSSR count). The summed E-state index contributed by atoms with van der Waals surface area (Å²) in [4.78, 5) is 12.2. The van der Waals surface area contributed by atoms with E-state index < -0.39 is 5.91 Å². The predicted octanol–water partition coefficient (Wildman–Crippen LogP) is 2.90. The lowest BCUT2D eigenvalue weighted by atomic mass is 10.1. The summed E-state index contributed by atoms with van der Waals surface area (Å²) in [6.07, 6.45) is 1.84. The van der Waals surface area contributed by atoms with Crippen molar-refractivity contribution < 1.29 is 19.4 Å². The molecule has 2 aromatic carbocycles. The number of amides is 1. The first-order chi connectivity index (χ1) is 13.5. The van der Waals surface area contributed by atoms with Crippen molar-refractivity contribution in [3.05, 3.63) is 59.3 Å². The summed E-state index contributed by atoms with van der Waals surface area (Å²) in [5.74, 6) is 0.797. The van der Waals surface area contributed by atoms with E-state index >= 15 is 0 Å². The van der Waals surface area contributed by atoms with Crippen molar-refractivity contribution >= 4 is 11.6 Å². The fourth-order valence-electron chi connectivity index (χ4n) is 2.51. The van der Waals surface area contributed by atoms with Crippen LogP contribution in [0.2, 0.25) is 0 Å². The number of carbonyl (C=O) groups is 1. The zero-order chi connectivity index (χ0) is 20.5. The maximum Gasteiger partial charge on any atom is 0.263 e. The molecule has 7 heteroatoms. The molecule has 0 fully saturated rings. The smallest absolute Gasteiger partial charge is 0.263 e. The van der Waals surface area contributed by atoms with Gasteiger partial charge in [-0.2, -0.15) is 5.26 Å². The average molecular weight is 381 g/mol. The molecule has 0 saturated carbocycles. The number of nitriles is 1. The Morgan fingerprint density at radius 1 is 1.18 bits per heavy atom. The number of anilines is 1. The van der Waals surface area contributed by atoms with Crippen LogP contribution in [0.5, 0.6) is 17.2 Å². The summed E-state index contributed by atoms with van der Waals surface area (Å²) in [6, 6.07) is 12.5. The number of nitrogens with one attached hydrogen (secondary N) is 2. The lowest BCUT2D eigenvalue weighted by molar-refractivity contribution is -0.117. The first-order valence-corrected chi connectivity index (χ1v) is 8.64. The average Bonchev–Trinajstić information content (AvgIpc) is 2.69. The van der Waals surface area contributed by atoms with Gasteiger partial charge in [-0.05, 0) is 48.7 Å². The van der Waals surface area contributed by atoms with Crippen LogP contribution in [0.3, 0.4) is 0 Å². The van der Waals surface area contributed by atoms with Crippen molar-refractivity contribution in [3.63, 3.8) is 0 Å². The summed E-state index contributed by atoms with van der Waals surface area (Å²) in [7, 11) is 3.13. The SMILES string of the molecule is COc1ccc(CCNC(=O)/C(C#N)=C\Nc2ccc(C)cc2O)cc1OC. The van der Waals surface area contributed by atoms with E-state index in [2.05, 4.69) is 10.6 Å². The highest BCUT2D eigenvalue weighted by atomic mass is 16.5. The Morgan fingerprint density at radius 3 is 2.57 bits per heavy atom.